The van der Waals surface area contributed by atoms with Crippen molar-refractivity contribution >= 4 is 22.7 Å². The second-order valence-electron chi connectivity index (χ2n) is 7.83. The molecule has 0 bridgehead atoms. The fourth-order valence-electron chi connectivity index (χ4n) is 3.47. The van der Waals surface area contributed by atoms with E-state index >= 15 is 0 Å². The van der Waals surface area contributed by atoms with Crippen LogP contribution in [-0.2, 0) is 29.3 Å². The van der Waals surface area contributed by atoms with Crippen molar-refractivity contribution in [3.8, 4) is 0 Å². The minimum Gasteiger partial charge on any atom is -0.372 e. The van der Waals surface area contributed by atoms with Crippen LogP contribution < -0.4 is 16.1 Å². The third-order valence-corrected chi connectivity index (χ3v) is 5.34. The molecule has 4 aromatic rings. The summed E-state index contributed by atoms with van der Waals surface area (Å²) in [6, 6.07) is 24.7. The van der Waals surface area contributed by atoms with Crippen LogP contribution in [0.3, 0.4) is 0 Å². The van der Waals surface area contributed by atoms with Crippen molar-refractivity contribution in [2.75, 3.05) is 6.54 Å². The number of H-pyrrole nitrogens is 1. The summed E-state index contributed by atoms with van der Waals surface area (Å²) in [5, 5.41) is 5.69. The summed E-state index contributed by atoms with van der Waals surface area (Å²) in [4.78, 5) is 40.0. The van der Waals surface area contributed by atoms with E-state index in [2.05, 4.69) is 15.6 Å². The van der Waals surface area contributed by atoms with Crippen LogP contribution in [0.1, 0.15) is 27.0 Å². The van der Waals surface area contributed by atoms with E-state index in [1.54, 1.807) is 24.3 Å². The molecule has 0 saturated carbocycles. The van der Waals surface area contributed by atoms with Gasteiger partial charge in [0, 0.05) is 23.6 Å². The number of carbonyl (C=O) groups excluding carboxylic acids is 2. The first kappa shape index (κ1) is 22.9. The van der Waals surface area contributed by atoms with Gasteiger partial charge in [-0.05, 0) is 28.8 Å². The Morgan fingerprint density at radius 1 is 0.765 bits per heavy atom. The lowest BCUT2D eigenvalue weighted by molar-refractivity contribution is -0.120. The molecule has 1 heterocycles. The van der Waals surface area contributed by atoms with Crippen LogP contribution in [0, 0.1) is 0 Å². The molecule has 0 aliphatic heterocycles. The molecule has 0 radical (unpaired) electrons. The van der Waals surface area contributed by atoms with E-state index in [0.717, 1.165) is 16.7 Å². The number of para-hydroxylation sites is 1. The Morgan fingerprint density at radius 3 is 2.18 bits per heavy atom. The van der Waals surface area contributed by atoms with Crippen LogP contribution >= 0.6 is 0 Å². The van der Waals surface area contributed by atoms with Gasteiger partial charge in [-0.15, -0.1) is 0 Å². The Balaban J connectivity index is 1.21. The molecule has 3 N–H and O–H groups in total. The molecule has 172 valence electrons. The first-order valence-corrected chi connectivity index (χ1v) is 10.9. The molecule has 7 nitrogen and oxygen atoms in total. The molecule has 1 aromatic heterocycles. The van der Waals surface area contributed by atoms with E-state index in [4.69, 9.17) is 4.74 Å². The number of hydrogen-bond donors (Lipinski definition) is 3. The second-order valence-corrected chi connectivity index (χ2v) is 7.83. The Labute approximate surface area is 196 Å². The van der Waals surface area contributed by atoms with Gasteiger partial charge < -0.3 is 20.4 Å². The molecule has 0 spiro atoms. The number of benzene rings is 3. The molecular formula is C27H25N3O4. The first-order chi connectivity index (χ1) is 16.6. The van der Waals surface area contributed by atoms with Crippen molar-refractivity contribution in [1.82, 2.24) is 15.6 Å². The number of hydrogen-bond acceptors (Lipinski definition) is 4. The molecule has 7 heteroatoms. The molecule has 0 unspecified atom stereocenters. The van der Waals surface area contributed by atoms with Crippen LogP contribution in [0.4, 0.5) is 0 Å². The van der Waals surface area contributed by atoms with Crippen molar-refractivity contribution in [3.63, 3.8) is 0 Å². The lowest BCUT2D eigenvalue weighted by Gasteiger charge is -2.09. The summed E-state index contributed by atoms with van der Waals surface area (Å²) in [5.74, 6) is -0.942. The van der Waals surface area contributed by atoms with Crippen molar-refractivity contribution in [2.24, 2.45) is 0 Å². The van der Waals surface area contributed by atoms with Gasteiger partial charge in [0.15, 0.2) is 0 Å². The average molecular weight is 456 g/mol. The van der Waals surface area contributed by atoms with Crippen LogP contribution in [0.5, 0.6) is 0 Å². The standard InChI is InChI=1S/C27H25N3O4/c31-25(16-30-27(33)23-15-28-24-9-5-4-8-22(24)26(23)32)29-14-19-10-12-21(13-11-19)18-34-17-20-6-2-1-3-7-20/h1-13,15H,14,16-18H2,(H,28,32)(H,29,31)(H,30,33). The highest BCUT2D eigenvalue weighted by Gasteiger charge is 2.13. The largest absolute Gasteiger partial charge is 0.372 e. The summed E-state index contributed by atoms with van der Waals surface area (Å²) in [6.45, 7) is 1.16. The average Bonchev–Trinajstić information content (AvgIpc) is 2.88. The number of carbonyl (C=O) groups is 2. The van der Waals surface area contributed by atoms with Crippen LogP contribution in [0.25, 0.3) is 10.9 Å². The lowest BCUT2D eigenvalue weighted by Crippen LogP contribution is -2.38. The van der Waals surface area contributed by atoms with Gasteiger partial charge >= 0.3 is 0 Å². The molecule has 2 amide bonds. The summed E-state index contributed by atoms with van der Waals surface area (Å²) >= 11 is 0. The van der Waals surface area contributed by atoms with Crippen molar-refractivity contribution < 1.29 is 14.3 Å². The molecule has 0 aliphatic rings. The monoisotopic (exact) mass is 455 g/mol. The topological polar surface area (TPSA) is 100 Å². The van der Waals surface area contributed by atoms with Crippen LogP contribution in [0.15, 0.2) is 89.9 Å². The van der Waals surface area contributed by atoms with Gasteiger partial charge in [-0.25, -0.2) is 0 Å². The zero-order valence-corrected chi connectivity index (χ0v) is 18.5. The highest BCUT2D eigenvalue weighted by atomic mass is 16.5. The van der Waals surface area contributed by atoms with Gasteiger partial charge in [0.05, 0.1) is 19.8 Å². The SMILES string of the molecule is O=C(CNC(=O)c1c[nH]c2ccccc2c1=O)NCc1ccc(COCc2ccccc2)cc1. The van der Waals surface area contributed by atoms with Gasteiger partial charge in [-0.2, -0.15) is 0 Å². The maximum absolute atomic E-state index is 12.5. The fourth-order valence-corrected chi connectivity index (χ4v) is 3.47. The van der Waals surface area contributed by atoms with E-state index < -0.39 is 5.91 Å². The summed E-state index contributed by atoms with van der Waals surface area (Å²) in [7, 11) is 0. The number of fused-ring (bicyclic) bond motifs is 1. The Bertz CT molecular complexity index is 1330. The minimum atomic E-state index is -0.595. The van der Waals surface area contributed by atoms with Crippen LogP contribution in [0.2, 0.25) is 0 Å². The Morgan fingerprint density at radius 2 is 1.41 bits per heavy atom. The van der Waals surface area contributed by atoms with Crippen molar-refractivity contribution in [3.05, 3.63) is 118 Å². The van der Waals surface area contributed by atoms with E-state index in [1.165, 1.54) is 6.20 Å². The minimum absolute atomic E-state index is 0.0310. The zero-order valence-electron chi connectivity index (χ0n) is 18.5. The van der Waals surface area contributed by atoms with Gasteiger partial charge in [-0.1, -0.05) is 66.7 Å². The van der Waals surface area contributed by atoms with Gasteiger partial charge in [0.2, 0.25) is 11.3 Å². The number of aromatic amines is 1. The van der Waals surface area contributed by atoms with Gasteiger partial charge in [0.25, 0.3) is 5.91 Å². The molecule has 0 atom stereocenters. The number of ether oxygens (including phenoxy) is 1. The number of aromatic nitrogens is 1. The highest BCUT2D eigenvalue weighted by molar-refractivity contribution is 5.98. The van der Waals surface area contributed by atoms with E-state index in [9.17, 15) is 14.4 Å². The normalized spacial score (nSPS) is 10.7. The lowest BCUT2D eigenvalue weighted by atomic mass is 10.1. The predicted molar refractivity (Wildman–Crippen MR) is 130 cm³/mol. The molecule has 4 rings (SSSR count). The Hall–Kier alpha value is -4.23. The molecule has 3 aromatic carbocycles. The fraction of sp³-hybridized carbons (Fsp3) is 0.148. The summed E-state index contributed by atoms with van der Waals surface area (Å²) in [5.41, 5.74) is 3.34. The number of nitrogens with one attached hydrogen (secondary N) is 3. The number of rotatable bonds is 9. The van der Waals surface area contributed by atoms with Crippen molar-refractivity contribution in [2.45, 2.75) is 19.8 Å². The zero-order chi connectivity index (χ0) is 23.8. The molecule has 34 heavy (non-hydrogen) atoms. The second kappa shape index (κ2) is 11.1. The third kappa shape index (κ3) is 5.96. The van der Waals surface area contributed by atoms with Gasteiger partial charge in [0.1, 0.15) is 5.56 Å². The number of amides is 2. The quantitative estimate of drug-likeness (QED) is 0.361. The maximum Gasteiger partial charge on any atom is 0.257 e. The molecule has 0 aliphatic carbocycles. The van der Waals surface area contributed by atoms with E-state index in [1.807, 2.05) is 54.6 Å². The summed E-state index contributed by atoms with van der Waals surface area (Å²) in [6.07, 6.45) is 1.36. The van der Waals surface area contributed by atoms with Crippen LogP contribution in [-0.4, -0.2) is 23.3 Å². The Kier molecular flexibility index (Phi) is 7.47. The van der Waals surface area contributed by atoms with E-state index in [-0.39, 0.29) is 23.4 Å². The molecule has 0 saturated heterocycles. The highest BCUT2D eigenvalue weighted by Crippen LogP contribution is 2.09. The molecule has 0 fully saturated rings. The van der Waals surface area contributed by atoms with Crippen molar-refractivity contribution in [1.29, 1.82) is 0 Å². The summed E-state index contributed by atoms with van der Waals surface area (Å²) < 4.78 is 5.73. The maximum atomic E-state index is 12.5. The smallest absolute Gasteiger partial charge is 0.257 e. The van der Waals surface area contributed by atoms with E-state index in [0.29, 0.717) is 30.7 Å². The predicted octanol–water partition coefficient (Wildman–Crippen LogP) is 3.29. The first-order valence-electron chi connectivity index (χ1n) is 10.9. The third-order valence-electron chi connectivity index (χ3n) is 5.34. The number of pyridine rings is 1. The molecular weight excluding hydrogens is 430 g/mol. The van der Waals surface area contributed by atoms with Gasteiger partial charge in [-0.3, -0.25) is 14.4 Å².